The topological polar surface area (TPSA) is 47.3 Å². The second-order valence-corrected chi connectivity index (χ2v) is 13.6. The van der Waals surface area contributed by atoms with Crippen LogP contribution in [0.2, 0.25) is 0 Å². The lowest BCUT2D eigenvalue weighted by molar-refractivity contribution is 0.620. The van der Waals surface area contributed by atoms with Crippen molar-refractivity contribution in [2.45, 2.75) is 0 Å². The van der Waals surface area contributed by atoms with Gasteiger partial charge in [0.1, 0.15) is 16.7 Å². The maximum atomic E-state index is 6.40. The van der Waals surface area contributed by atoms with Gasteiger partial charge in [-0.3, -0.25) is 0 Å². The Labute approximate surface area is 310 Å². The molecule has 0 unspecified atom stereocenters. The predicted octanol–water partition coefficient (Wildman–Crippen LogP) is 13.6. The van der Waals surface area contributed by atoms with E-state index < -0.39 is 0 Å². The zero-order valence-electron chi connectivity index (χ0n) is 29.1. The molecule has 0 radical (unpaired) electrons. The molecule has 0 bridgehead atoms. The maximum Gasteiger partial charge on any atom is 0.227 e. The number of furan rings is 1. The molecule has 0 N–H and O–H groups in total. The van der Waals surface area contributed by atoms with Gasteiger partial charge in [-0.2, -0.15) is 0 Å². The average molecular weight is 694 g/mol. The van der Waals surface area contributed by atoms with E-state index in [4.69, 9.17) is 13.8 Å². The van der Waals surface area contributed by atoms with E-state index >= 15 is 0 Å². The summed E-state index contributed by atoms with van der Waals surface area (Å²) in [6.07, 6.45) is 0. The average Bonchev–Trinajstić information content (AvgIpc) is 3.93. The van der Waals surface area contributed by atoms with Crippen molar-refractivity contribution >= 4 is 71.9 Å². The van der Waals surface area contributed by atoms with Crippen molar-refractivity contribution in [1.29, 1.82) is 0 Å². The third-order valence-corrected chi connectivity index (χ3v) is 10.4. The van der Waals surface area contributed by atoms with Gasteiger partial charge in [0.15, 0.2) is 5.58 Å². The van der Waals surface area contributed by atoms with Crippen LogP contribution in [0.4, 0.5) is 17.1 Å². The van der Waals surface area contributed by atoms with Crippen LogP contribution in [0.15, 0.2) is 197 Å². The van der Waals surface area contributed by atoms with Gasteiger partial charge in [-0.1, -0.05) is 91.0 Å². The number of hydrogen-bond acceptors (Lipinski definition) is 4. The molecule has 5 nitrogen and oxygen atoms in total. The van der Waals surface area contributed by atoms with Crippen molar-refractivity contribution in [1.82, 2.24) is 9.55 Å². The number of benzene rings is 8. The molecule has 0 saturated carbocycles. The van der Waals surface area contributed by atoms with Gasteiger partial charge in [0.2, 0.25) is 5.89 Å². The zero-order chi connectivity index (χ0) is 35.6. The van der Waals surface area contributed by atoms with Gasteiger partial charge >= 0.3 is 0 Å². The standard InChI is InChI=1S/C49H31N3O2/c1-3-11-32(12-4-1)33-19-22-36(23-20-33)51(38-24-26-40-39-15-7-9-17-46(39)53-48(40)31-38)37-25-28-45-42(30-37)41-29-34(49-50-43-16-8-10-18-47(43)54-49)21-27-44(41)52(45)35-13-5-2-6-14-35/h1-31H. The summed E-state index contributed by atoms with van der Waals surface area (Å²) >= 11 is 0. The van der Waals surface area contributed by atoms with Crippen LogP contribution >= 0.6 is 0 Å². The minimum Gasteiger partial charge on any atom is -0.456 e. The molecule has 11 rings (SSSR count). The molecule has 0 fully saturated rings. The Morgan fingerprint density at radius 1 is 0.389 bits per heavy atom. The third-order valence-electron chi connectivity index (χ3n) is 10.4. The van der Waals surface area contributed by atoms with E-state index in [9.17, 15) is 0 Å². The maximum absolute atomic E-state index is 6.40. The van der Waals surface area contributed by atoms with Crippen LogP contribution in [0.5, 0.6) is 0 Å². The molecule has 0 saturated heterocycles. The van der Waals surface area contributed by atoms with Crippen molar-refractivity contribution in [3.8, 4) is 28.3 Å². The number of anilines is 3. The molecule has 3 aromatic heterocycles. The summed E-state index contributed by atoms with van der Waals surface area (Å²) < 4.78 is 15.0. The SMILES string of the molecule is c1ccc(-c2ccc(N(c3ccc4c(c3)oc3ccccc34)c3ccc4c(c3)c3cc(-c5nc6ccccc6o5)ccc3n4-c3ccccc3)cc2)cc1. The Bertz CT molecular complexity index is 3120. The number of oxazole rings is 1. The van der Waals surface area contributed by atoms with Gasteiger partial charge in [-0.15, -0.1) is 0 Å². The minimum atomic E-state index is 0.606. The number of rotatable bonds is 6. The number of fused-ring (bicyclic) bond motifs is 7. The number of hydrogen-bond donors (Lipinski definition) is 0. The highest BCUT2D eigenvalue weighted by molar-refractivity contribution is 6.12. The summed E-state index contributed by atoms with van der Waals surface area (Å²) in [5, 5.41) is 4.45. The summed E-state index contributed by atoms with van der Waals surface area (Å²) in [6.45, 7) is 0. The van der Waals surface area contributed by atoms with Crippen molar-refractivity contribution in [2.24, 2.45) is 0 Å². The first-order chi connectivity index (χ1) is 26.7. The Morgan fingerprint density at radius 2 is 0.981 bits per heavy atom. The Morgan fingerprint density at radius 3 is 1.80 bits per heavy atom. The second-order valence-electron chi connectivity index (χ2n) is 13.6. The van der Waals surface area contributed by atoms with E-state index in [1.54, 1.807) is 0 Å². The van der Waals surface area contributed by atoms with Crippen molar-refractivity contribution in [2.75, 3.05) is 4.90 Å². The van der Waals surface area contributed by atoms with Crippen molar-refractivity contribution in [3.63, 3.8) is 0 Å². The molecule has 54 heavy (non-hydrogen) atoms. The first-order valence-corrected chi connectivity index (χ1v) is 18.1. The molecule has 3 heterocycles. The van der Waals surface area contributed by atoms with E-state index in [-0.39, 0.29) is 0 Å². The molecule has 0 spiro atoms. The van der Waals surface area contributed by atoms with E-state index in [0.29, 0.717) is 5.89 Å². The van der Waals surface area contributed by atoms with Crippen LogP contribution in [0.3, 0.4) is 0 Å². The van der Waals surface area contributed by atoms with Gasteiger partial charge in [-0.25, -0.2) is 4.98 Å². The number of nitrogens with zero attached hydrogens (tertiary/aromatic N) is 3. The highest BCUT2D eigenvalue weighted by Gasteiger charge is 2.20. The monoisotopic (exact) mass is 693 g/mol. The van der Waals surface area contributed by atoms with Crippen LogP contribution in [0, 0.1) is 0 Å². The third kappa shape index (κ3) is 4.90. The lowest BCUT2D eigenvalue weighted by atomic mass is 10.0. The van der Waals surface area contributed by atoms with Gasteiger partial charge in [-0.05, 0) is 102 Å². The van der Waals surface area contributed by atoms with E-state index in [2.05, 4.69) is 161 Å². The molecular weight excluding hydrogens is 663 g/mol. The molecule has 0 aliphatic heterocycles. The van der Waals surface area contributed by atoms with Gasteiger partial charge < -0.3 is 18.3 Å². The number of para-hydroxylation sites is 4. The summed E-state index contributed by atoms with van der Waals surface area (Å²) in [7, 11) is 0. The van der Waals surface area contributed by atoms with Gasteiger partial charge in [0.25, 0.3) is 0 Å². The first-order valence-electron chi connectivity index (χ1n) is 18.1. The quantitative estimate of drug-likeness (QED) is 0.174. The molecule has 8 aromatic carbocycles. The lowest BCUT2D eigenvalue weighted by Gasteiger charge is -2.26. The smallest absolute Gasteiger partial charge is 0.227 e. The molecule has 0 aliphatic carbocycles. The number of aromatic nitrogens is 2. The predicted molar refractivity (Wildman–Crippen MR) is 221 cm³/mol. The first kappa shape index (κ1) is 30.3. The lowest BCUT2D eigenvalue weighted by Crippen LogP contribution is -2.09. The van der Waals surface area contributed by atoms with Crippen molar-refractivity contribution < 1.29 is 8.83 Å². The molecule has 254 valence electrons. The molecule has 0 aliphatic rings. The van der Waals surface area contributed by atoms with Crippen LogP contribution in [0.1, 0.15) is 0 Å². The minimum absolute atomic E-state index is 0.606. The van der Waals surface area contributed by atoms with E-state index in [0.717, 1.165) is 83.2 Å². The van der Waals surface area contributed by atoms with Crippen LogP contribution < -0.4 is 4.90 Å². The van der Waals surface area contributed by atoms with Gasteiger partial charge in [0.05, 0.1) is 11.0 Å². The summed E-state index contributed by atoms with van der Waals surface area (Å²) in [5.41, 5.74) is 13.0. The normalized spacial score (nSPS) is 11.7. The van der Waals surface area contributed by atoms with Gasteiger partial charge in [0, 0.05) is 55.9 Å². The largest absolute Gasteiger partial charge is 0.456 e. The highest BCUT2D eigenvalue weighted by atomic mass is 16.3. The van der Waals surface area contributed by atoms with Crippen LogP contribution in [-0.4, -0.2) is 9.55 Å². The highest BCUT2D eigenvalue weighted by Crippen LogP contribution is 2.43. The van der Waals surface area contributed by atoms with Crippen LogP contribution in [-0.2, 0) is 0 Å². The fourth-order valence-electron chi connectivity index (χ4n) is 7.87. The van der Waals surface area contributed by atoms with Crippen molar-refractivity contribution in [3.05, 3.63) is 188 Å². The molecule has 0 amide bonds. The summed E-state index contributed by atoms with van der Waals surface area (Å²) in [5.74, 6) is 0.606. The summed E-state index contributed by atoms with van der Waals surface area (Å²) in [4.78, 5) is 7.16. The fraction of sp³-hybridized carbons (Fsp3) is 0. The van der Waals surface area contributed by atoms with E-state index in [1.165, 1.54) is 11.1 Å². The Kier molecular flexibility index (Phi) is 6.79. The fourth-order valence-corrected chi connectivity index (χ4v) is 7.87. The second kappa shape index (κ2) is 12.1. The Balaban J connectivity index is 1.13. The molecule has 11 aromatic rings. The van der Waals surface area contributed by atoms with E-state index in [1.807, 2.05) is 36.4 Å². The van der Waals surface area contributed by atoms with Crippen LogP contribution in [0.25, 0.3) is 83.1 Å². The Hall–Kier alpha value is -7.37. The zero-order valence-corrected chi connectivity index (χ0v) is 29.1. The molecule has 5 heteroatoms. The molecular formula is C49H31N3O2. The molecule has 0 atom stereocenters. The summed E-state index contributed by atoms with van der Waals surface area (Å²) in [6, 6.07) is 65.8.